The topological polar surface area (TPSA) is 108 Å². The summed E-state index contributed by atoms with van der Waals surface area (Å²) in [4.78, 5) is 39.5. The first-order valence-corrected chi connectivity index (χ1v) is 13.1. The molecule has 2 N–H and O–H groups in total. The highest BCUT2D eigenvalue weighted by molar-refractivity contribution is 5.98. The maximum absolute atomic E-state index is 15.7. The van der Waals surface area contributed by atoms with Crippen LogP contribution in [0.1, 0.15) is 46.9 Å². The minimum Gasteiger partial charge on any atom is -0.492 e. The van der Waals surface area contributed by atoms with Crippen LogP contribution in [0.4, 0.5) is 4.39 Å². The van der Waals surface area contributed by atoms with Gasteiger partial charge in [0.05, 0.1) is 17.7 Å². The molecule has 6 rings (SSSR count). The Morgan fingerprint density at radius 3 is 2.63 bits per heavy atom. The van der Waals surface area contributed by atoms with Gasteiger partial charge >= 0.3 is 0 Å². The molecular weight excluding hydrogens is 489 g/mol. The zero-order valence-electron chi connectivity index (χ0n) is 21.5. The number of halogens is 1. The number of hydrogen-bond donors (Lipinski definition) is 2. The van der Waals surface area contributed by atoms with Gasteiger partial charge in [-0.3, -0.25) is 14.4 Å². The third-order valence-corrected chi connectivity index (χ3v) is 7.39. The Balaban J connectivity index is 0.000000433. The van der Waals surface area contributed by atoms with E-state index in [0.717, 1.165) is 18.0 Å². The van der Waals surface area contributed by atoms with E-state index in [1.54, 1.807) is 40.1 Å². The maximum Gasteiger partial charge on any atom is 0.272 e. The van der Waals surface area contributed by atoms with E-state index in [2.05, 4.69) is 22.4 Å². The van der Waals surface area contributed by atoms with E-state index in [4.69, 9.17) is 4.74 Å². The van der Waals surface area contributed by atoms with E-state index in [0.29, 0.717) is 67.0 Å². The number of fused-ring (bicyclic) bond motifs is 2. The van der Waals surface area contributed by atoms with Crippen molar-refractivity contribution in [2.45, 2.75) is 38.6 Å². The molecule has 38 heavy (non-hydrogen) atoms. The van der Waals surface area contributed by atoms with Crippen LogP contribution in [0, 0.1) is 5.82 Å². The van der Waals surface area contributed by atoms with E-state index in [1.807, 2.05) is 0 Å². The molecule has 1 unspecified atom stereocenters. The van der Waals surface area contributed by atoms with Gasteiger partial charge in [0.15, 0.2) is 0 Å². The number of nitrogens with one attached hydrogen (secondary N) is 2. The molecule has 2 aromatic carbocycles. The lowest BCUT2D eigenvalue weighted by Crippen LogP contribution is -2.48. The van der Waals surface area contributed by atoms with Crippen LogP contribution in [0.25, 0.3) is 10.8 Å². The van der Waals surface area contributed by atoms with Crippen molar-refractivity contribution in [3.05, 3.63) is 68.9 Å². The smallest absolute Gasteiger partial charge is 0.272 e. The fraction of sp³-hybridized carbons (Fsp3) is 0.429. The Kier molecular flexibility index (Phi) is 7.69. The number of carbonyl (C=O) groups excluding carboxylic acids is 2. The second-order valence-electron chi connectivity index (χ2n) is 9.96. The minimum atomic E-state index is -0.634. The molecule has 3 aromatic rings. The Hall–Kier alpha value is -3.79. The van der Waals surface area contributed by atoms with E-state index in [1.165, 1.54) is 19.4 Å². The number of aromatic nitrogens is 2. The second kappa shape index (κ2) is 11.3. The van der Waals surface area contributed by atoms with Crippen LogP contribution >= 0.6 is 0 Å². The van der Waals surface area contributed by atoms with Gasteiger partial charge in [0, 0.05) is 50.4 Å². The van der Waals surface area contributed by atoms with Gasteiger partial charge in [-0.25, -0.2) is 9.49 Å². The molecule has 0 aliphatic carbocycles. The normalized spacial score (nSPS) is 18.5. The molecule has 1 atom stereocenters. The second-order valence-corrected chi connectivity index (χ2v) is 9.96. The molecular formula is C28H32FN5O4. The third-order valence-electron chi connectivity index (χ3n) is 7.39. The largest absolute Gasteiger partial charge is 0.492 e. The Morgan fingerprint density at radius 2 is 1.97 bits per heavy atom. The number of H-pyrrole nitrogens is 1. The molecule has 0 spiro atoms. The number of nitrogens with zero attached hydrogens (tertiary/aromatic N) is 3. The van der Waals surface area contributed by atoms with Gasteiger partial charge in [-0.15, -0.1) is 0 Å². The predicted octanol–water partition coefficient (Wildman–Crippen LogP) is 2.26. The molecule has 3 aliphatic heterocycles. The highest BCUT2D eigenvalue weighted by Crippen LogP contribution is 2.36. The van der Waals surface area contributed by atoms with Crippen molar-refractivity contribution < 1.29 is 18.7 Å². The monoisotopic (exact) mass is 521 g/mol. The maximum atomic E-state index is 15.7. The lowest BCUT2D eigenvalue weighted by Gasteiger charge is -2.33. The molecule has 2 saturated heterocycles. The highest BCUT2D eigenvalue weighted by atomic mass is 19.1. The summed E-state index contributed by atoms with van der Waals surface area (Å²) in [5.74, 6) is -0.772. The Morgan fingerprint density at radius 1 is 1.21 bits per heavy atom. The van der Waals surface area contributed by atoms with Crippen LogP contribution in [-0.2, 0) is 17.6 Å². The van der Waals surface area contributed by atoms with Gasteiger partial charge in [0.25, 0.3) is 11.5 Å². The van der Waals surface area contributed by atoms with Gasteiger partial charge in [0.1, 0.15) is 17.1 Å². The average Bonchev–Trinajstić information content (AvgIpc) is 3.62. The van der Waals surface area contributed by atoms with Crippen molar-refractivity contribution in [1.82, 2.24) is 25.3 Å². The number of hydrogen-bond acceptors (Lipinski definition) is 6. The summed E-state index contributed by atoms with van der Waals surface area (Å²) in [5, 5.41) is 11.1. The number of piperazine rings is 1. The zero-order chi connectivity index (χ0) is 26.6. The molecule has 9 nitrogen and oxygen atoms in total. The number of aromatic amines is 1. The van der Waals surface area contributed by atoms with E-state index in [-0.39, 0.29) is 17.5 Å². The number of amides is 2. The van der Waals surface area contributed by atoms with Crippen molar-refractivity contribution in [1.29, 1.82) is 0 Å². The summed E-state index contributed by atoms with van der Waals surface area (Å²) in [6.45, 7) is 5.34. The molecule has 4 heterocycles. The SMILES string of the molecule is CC1CCCN1.O=CN1CCN(C(=O)c2c(F)c(Cc3n[nH]c(=O)c4ccccc34)cc3c2OCC3)CC1. The first-order valence-electron chi connectivity index (χ1n) is 13.1. The van der Waals surface area contributed by atoms with Gasteiger partial charge in [-0.1, -0.05) is 18.2 Å². The fourth-order valence-corrected chi connectivity index (χ4v) is 5.23. The molecule has 0 saturated carbocycles. The van der Waals surface area contributed by atoms with Crippen LogP contribution in [0.5, 0.6) is 5.75 Å². The number of carbonyl (C=O) groups is 2. The highest BCUT2D eigenvalue weighted by Gasteiger charge is 2.32. The molecule has 1 aromatic heterocycles. The molecule has 10 heteroatoms. The standard InChI is InChI=1S/C23H21FN4O4.C5H11N/c24-20-15(12-18-16-3-1-2-4-17(16)22(30)26-25-18)11-14-5-10-32-21(14)19(20)23(31)28-8-6-27(13-29)7-9-28;1-5-3-2-4-6-5/h1-4,11,13H,5-10,12H2,(H,26,30);5-6H,2-4H2,1H3. The Bertz CT molecular complexity index is 1390. The Labute approximate surface area is 220 Å². The van der Waals surface area contributed by atoms with Crippen molar-refractivity contribution in [2.75, 3.05) is 39.3 Å². The minimum absolute atomic E-state index is 0.0664. The molecule has 3 aliphatic rings. The first-order chi connectivity index (χ1) is 18.5. The van der Waals surface area contributed by atoms with Crippen LogP contribution in [-0.4, -0.2) is 77.7 Å². The van der Waals surface area contributed by atoms with E-state index >= 15 is 4.39 Å². The third kappa shape index (κ3) is 5.26. The van der Waals surface area contributed by atoms with Crippen LogP contribution in [0.15, 0.2) is 35.1 Å². The van der Waals surface area contributed by atoms with Gasteiger partial charge in [0.2, 0.25) is 6.41 Å². The molecule has 200 valence electrons. The predicted molar refractivity (Wildman–Crippen MR) is 141 cm³/mol. The quantitative estimate of drug-likeness (QED) is 0.510. The lowest BCUT2D eigenvalue weighted by molar-refractivity contribution is -0.119. The van der Waals surface area contributed by atoms with Crippen LogP contribution in [0.3, 0.4) is 0 Å². The molecule has 2 amide bonds. The van der Waals surface area contributed by atoms with E-state index in [9.17, 15) is 14.4 Å². The number of ether oxygens (including phenoxy) is 1. The lowest BCUT2D eigenvalue weighted by atomic mass is 9.97. The number of rotatable bonds is 4. The van der Waals surface area contributed by atoms with Crippen molar-refractivity contribution >= 4 is 23.1 Å². The van der Waals surface area contributed by atoms with Gasteiger partial charge in [-0.2, -0.15) is 5.10 Å². The van der Waals surface area contributed by atoms with Crippen molar-refractivity contribution in [3.8, 4) is 5.75 Å². The summed E-state index contributed by atoms with van der Waals surface area (Å²) in [6, 6.07) is 9.55. The number of benzene rings is 2. The van der Waals surface area contributed by atoms with Gasteiger partial charge in [-0.05, 0) is 49.6 Å². The zero-order valence-corrected chi connectivity index (χ0v) is 21.5. The summed E-state index contributed by atoms with van der Waals surface area (Å²) >= 11 is 0. The van der Waals surface area contributed by atoms with Crippen LogP contribution in [0.2, 0.25) is 0 Å². The summed E-state index contributed by atoms with van der Waals surface area (Å²) in [6.07, 6.45) is 4.21. The average molecular weight is 522 g/mol. The van der Waals surface area contributed by atoms with E-state index < -0.39 is 11.7 Å². The molecule has 2 fully saturated rings. The molecule has 0 radical (unpaired) electrons. The molecule has 0 bridgehead atoms. The summed E-state index contributed by atoms with van der Waals surface area (Å²) in [7, 11) is 0. The van der Waals surface area contributed by atoms with Crippen LogP contribution < -0.4 is 15.6 Å². The van der Waals surface area contributed by atoms with Gasteiger partial charge < -0.3 is 19.9 Å². The van der Waals surface area contributed by atoms with Crippen molar-refractivity contribution in [2.24, 2.45) is 0 Å². The summed E-state index contributed by atoms with van der Waals surface area (Å²) in [5.41, 5.74) is 1.26. The van der Waals surface area contributed by atoms with Crippen molar-refractivity contribution in [3.63, 3.8) is 0 Å². The summed E-state index contributed by atoms with van der Waals surface area (Å²) < 4.78 is 21.4. The first kappa shape index (κ1) is 25.8. The fourth-order valence-electron chi connectivity index (χ4n) is 5.23.